The second-order valence-electron chi connectivity index (χ2n) is 4.03. The highest BCUT2D eigenvalue weighted by Crippen LogP contribution is 2.29. The number of methoxy groups -OCH3 is 1. The molecule has 1 saturated heterocycles. The Morgan fingerprint density at radius 2 is 2.31 bits per heavy atom. The summed E-state index contributed by atoms with van der Waals surface area (Å²) < 4.78 is 4.89. The lowest BCUT2D eigenvalue weighted by atomic mass is 9.86. The van der Waals surface area contributed by atoms with Crippen LogP contribution in [0.5, 0.6) is 0 Å². The first-order valence-corrected chi connectivity index (χ1v) is 5.51. The molecule has 86 valence electrons. The summed E-state index contributed by atoms with van der Waals surface area (Å²) in [4.78, 5) is 15.8. The second-order valence-corrected chi connectivity index (χ2v) is 4.03. The fourth-order valence-electron chi connectivity index (χ4n) is 2.26. The van der Waals surface area contributed by atoms with E-state index in [0.29, 0.717) is 5.92 Å². The van der Waals surface area contributed by atoms with Crippen molar-refractivity contribution in [2.24, 2.45) is 5.92 Å². The van der Waals surface area contributed by atoms with Gasteiger partial charge in [0, 0.05) is 12.4 Å². The number of pyridine rings is 1. The Balaban J connectivity index is 2.24. The highest BCUT2D eigenvalue weighted by atomic mass is 16.5. The lowest BCUT2D eigenvalue weighted by Crippen LogP contribution is -2.24. The third-order valence-corrected chi connectivity index (χ3v) is 3.09. The van der Waals surface area contributed by atoms with Crippen molar-refractivity contribution < 1.29 is 9.53 Å². The van der Waals surface area contributed by atoms with Gasteiger partial charge in [-0.3, -0.25) is 9.78 Å². The Labute approximate surface area is 95.0 Å². The molecule has 0 radical (unpaired) electrons. The summed E-state index contributed by atoms with van der Waals surface area (Å²) in [5, 5.41) is 3.28. The molecule has 1 aromatic heterocycles. The Morgan fingerprint density at radius 3 is 2.88 bits per heavy atom. The number of hydrogen-bond donors (Lipinski definition) is 1. The van der Waals surface area contributed by atoms with E-state index in [0.717, 1.165) is 25.1 Å². The van der Waals surface area contributed by atoms with E-state index in [4.69, 9.17) is 4.74 Å². The van der Waals surface area contributed by atoms with Crippen molar-refractivity contribution in [3.8, 4) is 0 Å². The molecule has 0 aliphatic carbocycles. The molecule has 1 aliphatic rings. The van der Waals surface area contributed by atoms with Gasteiger partial charge < -0.3 is 10.1 Å². The largest absolute Gasteiger partial charge is 0.469 e. The van der Waals surface area contributed by atoms with E-state index in [1.165, 1.54) is 7.11 Å². The van der Waals surface area contributed by atoms with Crippen molar-refractivity contribution in [1.29, 1.82) is 0 Å². The maximum atomic E-state index is 11.8. The highest BCUT2D eigenvalue weighted by Gasteiger charge is 2.32. The average molecular weight is 220 g/mol. The number of carbonyl (C=O) groups excluding carboxylic acids is 1. The molecule has 4 nitrogen and oxygen atoms in total. The van der Waals surface area contributed by atoms with E-state index < -0.39 is 0 Å². The predicted octanol–water partition coefficient (Wildman–Crippen LogP) is 0.948. The zero-order chi connectivity index (χ0) is 11.4. The van der Waals surface area contributed by atoms with E-state index in [2.05, 4.69) is 10.3 Å². The Hall–Kier alpha value is -1.42. The molecule has 1 fully saturated rings. The van der Waals surface area contributed by atoms with Gasteiger partial charge in [-0.2, -0.15) is 0 Å². The molecule has 4 heteroatoms. The molecule has 0 spiro atoms. The zero-order valence-corrected chi connectivity index (χ0v) is 9.35. The first kappa shape index (κ1) is 11.1. The lowest BCUT2D eigenvalue weighted by Gasteiger charge is -2.20. The number of nitrogens with one attached hydrogen (secondary N) is 1. The SMILES string of the molecule is COC(=O)C(c1ccncc1)C1CCNC1. The summed E-state index contributed by atoms with van der Waals surface area (Å²) in [5.74, 6) is 0.0118. The summed E-state index contributed by atoms with van der Waals surface area (Å²) in [6.07, 6.45) is 4.45. The van der Waals surface area contributed by atoms with Crippen LogP contribution in [0.4, 0.5) is 0 Å². The first-order valence-electron chi connectivity index (χ1n) is 5.51. The Morgan fingerprint density at radius 1 is 1.56 bits per heavy atom. The molecule has 2 rings (SSSR count). The standard InChI is InChI=1S/C12H16N2O2/c1-16-12(15)11(10-4-7-14-8-10)9-2-5-13-6-3-9/h2-3,5-6,10-11,14H,4,7-8H2,1H3. The summed E-state index contributed by atoms with van der Waals surface area (Å²) >= 11 is 0. The molecular formula is C12H16N2O2. The van der Waals surface area contributed by atoms with Crippen LogP contribution in [0.3, 0.4) is 0 Å². The number of nitrogens with zero attached hydrogens (tertiary/aromatic N) is 1. The minimum absolute atomic E-state index is 0.153. The summed E-state index contributed by atoms with van der Waals surface area (Å²) in [6.45, 7) is 1.85. The molecule has 0 aromatic carbocycles. The van der Waals surface area contributed by atoms with Crippen LogP contribution < -0.4 is 5.32 Å². The second kappa shape index (κ2) is 5.07. The number of esters is 1. The number of aromatic nitrogens is 1. The third-order valence-electron chi connectivity index (χ3n) is 3.09. The van der Waals surface area contributed by atoms with Crippen LogP contribution >= 0.6 is 0 Å². The van der Waals surface area contributed by atoms with Crippen molar-refractivity contribution >= 4 is 5.97 Å². The van der Waals surface area contributed by atoms with Crippen molar-refractivity contribution in [1.82, 2.24) is 10.3 Å². The van der Waals surface area contributed by atoms with Crippen LogP contribution in [0, 0.1) is 5.92 Å². The van der Waals surface area contributed by atoms with Gasteiger partial charge >= 0.3 is 5.97 Å². The molecule has 2 heterocycles. The maximum absolute atomic E-state index is 11.8. The van der Waals surface area contributed by atoms with Gasteiger partial charge in [-0.1, -0.05) is 0 Å². The predicted molar refractivity (Wildman–Crippen MR) is 60.0 cm³/mol. The van der Waals surface area contributed by atoms with Crippen molar-refractivity contribution in [2.45, 2.75) is 12.3 Å². The molecule has 1 aliphatic heterocycles. The van der Waals surface area contributed by atoms with Gasteiger partial charge in [0.1, 0.15) is 0 Å². The summed E-state index contributed by atoms with van der Waals surface area (Å²) in [6, 6.07) is 3.78. The van der Waals surface area contributed by atoms with Crippen LogP contribution in [0.25, 0.3) is 0 Å². The minimum Gasteiger partial charge on any atom is -0.469 e. The number of carbonyl (C=O) groups is 1. The van der Waals surface area contributed by atoms with Crippen molar-refractivity contribution in [2.75, 3.05) is 20.2 Å². The molecule has 0 bridgehead atoms. The summed E-state index contributed by atoms with van der Waals surface area (Å²) in [5.41, 5.74) is 0.996. The molecular weight excluding hydrogens is 204 g/mol. The minimum atomic E-state index is -0.164. The Bertz CT molecular complexity index is 347. The monoisotopic (exact) mass is 220 g/mol. The van der Waals surface area contributed by atoms with Gasteiger partial charge in [-0.15, -0.1) is 0 Å². The van der Waals surface area contributed by atoms with Gasteiger partial charge in [0.2, 0.25) is 0 Å². The van der Waals surface area contributed by atoms with Gasteiger partial charge in [0.05, 0.1) is 13.0 Å². The van der Waals surface area contributed by atoms with E-state index in [-0.39, 0.29) is 11.9 Å². The Kier molecular flexibility index (Phi) is 3.51. The van der Waals surface area contributed by atoms with Gasteiger partial charge in [0.25, 0.3) is 0 Å². The quantitative estimate of drug-likeness (QED) is 0.770. The average Bonchev–Trinajstić information content (AvgIpc) is 2.84. The molecule has 0 saturated carbocycles. The van der Waals surface area contributed by atoms with E-state index in [1.807, 2.05) is 12.1 Å². The fraction of sp³-hybridized carbons (Fsp3) is 0.500. The van der Waals surface area contributed by atoms with E-state index in [1.54, 1.807) is 12.4 Å². The molecule has 16 heavy (non-hydrogen) atoms. The number of ether oxygens (including phenoxy) is 1. The smallest absolute Gasteiger partial charge is 0.313 e. The molecule has 1 N–H and O–H groups in total. The van der Waals surface area contributed by atoms with Crippen LogP contribution in [0.15, 0.2) is 24.5 Å². The van der Waals surface area contributed by atoms with Gasteiger partial charge in [-0.05, 0) is 43.1 Å². The van der Waals surface area contributed by atoms with Crippen molar-refractivity contribution in [3.05, 3.63) is 30.1 Å². The molecule has 2 unspecified atom stereocenters. The number of rotatable bonds is 3. The highest BCUT2D eigenvalue weighted by molar-refractivity contribution is 5.78. The first-order chi connectivity index (χ1) is 7.83. The van der Waals surface area contributed by atoms with Gasteiger partial charge in [-0.25, -0.2) is 0 Å². The van der Waals surface area contributed by atoms with Crippen LogP contribution in [0.1, 0.15) is 17.9 Å². The van der Waals surface area contributed by atoms with Crippen LogP contribution in [-0.2, 0) is 9.53 Å². The van der Waals surface area contributed by atoms with Crippen LogP contribution in [-0.4, -0.2) is 31.2 Å². The maximum Gasteiger partial charge on any atom is 0.313 e. The van der Waals surface area contributed by atoms with E-state index >= 15 is 0 Å². The fourth-order valence-corrected chi connectivity index (χ4v) is 2.26. The van der Waals surface area contributed by atoms with Crippen molar-refractivity contribution in [3.63, 3.8) is 0 Å². The normalized spacial score (nSPS) is 21.7. The number of hydrogen-bond acceptors (Lipinski definition) is 4. The zero-order valence-electron chi connectivity index (χ0n) is 9.35. The topological polar surface area (TPSA) is 51.2 Å². The lowest BCUT2D eigenvalue weighted by molar-refractivity contribution is -0.143. The van der Waals surface area contributed by atoms with Gasteiger partial charge in [0.15, 0.2) is 0 Å². The molecule has 0 amide bonds. The summed E-state index contributed by atoms with van der Waals surface area (Å²) in [7, 11) is 1.44. The van der Waals surface area contributed by atoms with Crippen LogP contribution in [0.2, 0.25) is 0 Å². The molecule has 2 atom stereocenters. The van der Waals surface area contributed by atoms with E-state index in [9.17, 15) is 4.79 Å². The molecule has 1 aromatic rings. The third kappa shape index (κ3) is 2.22.